The minimum Gasteiger partial charge on any atom is -0.334 e. The van der Waals surface area contributed by atoms with Crippen LogP contribution in [-0.4, -0.2) is 47.0 Å². The molecule has 0 saturated carbocycles. The number of halogens is 1. The summed E-state index contributed by atoms with van der Waals surface area (Å²) in [6.45, 7) is 3.11. The van der Waals surface area contributed by atoms with Crippen LogP contribution in [0.4, 0.5) is 9.18 Å². The third-order valence-electron chi connectivity index (χ3n) is 4.64. The molecule has 1 aromatic carbocycles. The normalized spacial score (nSPS) is 17.7. The Bertz CT molecular complexity index is 708. The molecule has 1 aromatic heterocycles. The first-order valence-electron chi connectivity index (χ1n) is 8.97. The Morgan fingerprint density at radius 2 is 2.12 bits per heavy atom. The smallest absolute Gasteiger partial charge is 0.317 e. The maximum Gasteiger partial charge on any atom is 0.317 e. The summed E-state index contributed by atoms with van der Waals surface area (Å²) < 4.78 is 13.0. The summed E-state index contributed by atoms with van der Waals surface area (Å²) in [5, 5.41) is 3.13. The van der Waals surface area contributed by atoms with Crippen LogP contribution in [0.15, 0.2) is 48.8 Å². The van der Waals surface area contributed by atoms with E-state index in [-0.39, 0.29) is 17.9 Å². The molecule has 3 rings (SSSR count). The second kappa shape index (κ2) is 8.76. The average Bonchev–Trinajstić information content (AvgIpc) is 2.65. The topological polar surface area (TPSA) is 48.5 Å². The monoisotopic (exact) mass is 356 g/mol. The standard InChI is InChI=1S/C20H25FN4O/c1-24(13-17-4-2-10-22-12-17)20(26)23-19-5-3-11-25(15-19)14-16-6-8-18(21)9-7-16/h2,4,6-10,12,19H,3,5,11,13-15H2,1H3,(H,23,26). The van der Waals surface area contributed by atoms with Gasteiger partial charge in [-0.2, -0.15) is 0 Å². The third kappa shape index (κ3) is 5.26. The number of amides is 2. The second-order valence-corrected chi connectivity index (χ2v) is 6.87. The third-order valence-corrected chi connectivity index (χ3v) is 4.64. The van der Waals surface area contributed by atoms with Crippen LogP contribution in [0, 0.1) is 5.82 Å². The minimum absolute atomic E-state index is 0.0671. The largest absolute Gasteiger partial charge is 0.334 e. The predicted molar refractivity (Wildman–Crippen MR) is 98.9 cm³/mol. The summed E-state index contributed by atoms with van der Waals surface area (Å²) in [7, 11) is 1.79. The number of nitrogens with zero attached hydrogens (tertiary/aromatic N) is 3. The molecular formula is C20H25FN4O. The number of nitrogens with one attached hydrogen (secondary N) is 1. The lowest BCUT2D eigenvalue weighted by atomic mass is 10.0. The fourth-order valence-corrected chi connectivity index (χ4v) is 3.29. The van der Waals surface area contributed by atoms with Crippen LogP contribution in [0.5, 0.6) is 0 Å². The van der Waals surface area contributed by atoms with Crippen LogP contribution in [0.25, 0.3) is 0 Å². The molecule has 2 aromatic rings. The van der Waals surface area contributed by atoms with Gasteiger partial charge in [-0.05, 0) is 48.7 Å². The lowest BCUT2D eigenvalue weighted by molar-refractivity contribution is 0.167. The van der Waals surface area contributed by atoms with Gasteiger partial charge in [0, 0.05) is 45.1 Å². The molecule has 1 atom stereocenters. The number of urea groups is 1. The summed E-state index contributed by atoms with van der Waals surface area (Å²) in [6.07, 6.45) is 5.51. The average molecular weight is 356 g/mol. The molecule has 138 valence electrons. The molecule has 2 amide bonds. The summed E-state index contributed by atoms with van der Waals surface area (Å²) in [5.41, 5.74) is 2.10. The van der Waals surface area contributed by atoms with Gasteiger partial charge in [0.25, 0.3) is 0 Å². The van der Waals surface area contributed by atoms with E-state index in [1.807, 2.05) is 24.3 Å². The van der Waals surface area contributed by atoms with E-state index in [1.54, 1.807) is 24.3 Å². The van der Waals surface area contributed by atoms with Gasteiger partial charge in [-0.3, -0.25) is 9.88 Å². The number of carbonyl (C=O) groups is 1. The summed E-state index contributed by atoms with van der Waals surface area (Å²) in [6, 6.07) is 10.5. The maximum absolute atomic E-state index is 13.0. The highest BCUT2D eigenvalue weighted by atomic mass is 19.1. The highest BCUT2D eigenvalue weighted by Crippen LogP contribution is 2.15. The fraction of sp³-hybridized carbons (Fsp3) is 0.400. The molecule has 1 aliphatic rings. The van der Waals surface area contributed by atoms with Crippen LogP contribution in [0.1, 0.15) is 24.0 Å². The van der Waals surface area contributed by atoms with Gasteiger partial charge >= 0.3 is 6.03 Å². The molecule has 0 spiro atoms. The van der Waals surface area contributed by atoms with Crippen LogP contribution in [-0.2, 0) is 13.1 Å². The predicted octanol–water partition coefficient (Wildman–Crippen LogP) is 3.03. The molecule has 2 heterocycles. The van der Waals surface area contributed by atoms with Gasteiger partial charge in [0.1, 0.15) is 5.82 Å². The van der Waals surface area contributed by atoms with Crippen molar-refractivity contribution in [3.63, 3.8) is 0 Å². The number of rotatable bonds is 5. The quantitative estimate of drug-likeness (QED) is 0.896. The zero-order valence-corrected chi connectivity index (χ0v) is 15.1. The number of carbonyl (C=O) groups excluding carboxylic acids is 1. The van der Waals surface area contributed by atoms with Crippen LogP contribution in [0.2, 0.25) is 0 Å². The van der Waals surface area contributed by atoms with E-state index in [0.29, 0.717) is 6.54 Å². The Hall–Kier alpha value is -2.47. The Morgan fingerprint density at radius 3 is 2.85 bits per heavy atom. The van der Waals surface area contributed by atoms with E-state index in [4.69, 9.17) is 0 Å². The number of benzene rings is 1. The van der Waals surface area contributed by atoms with Gasteiger partial charge in [0.2, 0.25) is 0 Å². The Morgan fingerprint density at radius 1 is 1.31 bits per heavy atom. The first kappa shape index (κ1) is 18.3. The Balaban J connectivity index is 1.49. The van der Waals surface area contributed by atoms with Crippen molar-refractivity contribution in [3.05, 3.63) is 65.7 Å². The number of piperidine rings is 1. The molecule has 6 heteroatoms. The lowest BCUT2D eigenvalue weighted by Gasteiger charge is -2.34. The van der Waals surface area contributed by atoms with Gasteiger partial charge < -0.3 is 10.2 Å². The highest BCUT2D eigenvalue weighted by molar-refractivity contribution is 5.74. The molecular weight excluding hydrogens is 331 g/mol. The van der Waals surface area contributed by atoms with Crippen LogP contribution < -0.4 is 5.32 Å². The molecule has 1 fully saturated rings. The molecule has 26 heavy (non-hydrogen) atoms. The number of pyridine rings is 1. The van der Waals surface area contributed by atoms with Crippen molar-refractivity contribution in [2.45, 2.75) is 32.0 Å². The zero-order chi connectivity index (χ0) is 18.4. The van der Waals surface area contributed by atoms with Crippen molar-refractivity contribution in [1.82, 2.24) is 20.1 Å². The summed E-state index contributed by atoms with van der Waals surface area (Å²) in [4.78, 5) is 20.5. The summed E-state index contributed by atoms with van der Waals surface area (Å²) >= 11 is 0. The Kier molecular flexibility index (Phi) is 6.17. The SMILES string of the molecule is CN(Cc1cccnc1)C(=O)NC1CCCN(Cc2ccc(F)cc2)C1. The van der Waals surface area contributed by atoms with E-state index < -0.39 is 0 Å². The zero-order valence-electron chi connectivity index (χ0n) is 15.1. The molecule has 0 aliphatic carbocycles. The van der Waals surface area contributed by atoms with Crippen molar-refractivity contribution in [1.29, 1.82) is 0 Å². The first-order valence-corrected chi connectivity index (χ1v) is 8.97. The van der Waals surface area contributed by atoms with Crippen LogP contribution >= 0.6 is 0 Å². The number of hydrogen-bond acceptors (Lipinski definition) is 3. The van der Waals surface area contributed by atoms with Crippen LogP contribution in [0.3, 0.4) is 0 Å². The number of hydrogen-bond donors (Lipinski definition) is 1. The molecule has 1 unspecified atom stereocenters. The van der Waals surface area contributed by atoms with Crippen molar-refractivity contribution in [3.8, 4) is 0 Å². The van der Waals surface area contributed by atoms with E-state index in [9.17, 15) is 9.18 Å². The molecule has 1 aliphatic heterocycles. The molecule has 0 bridgehead atoms. The summed E-state index contributed by atoms with van der Waals surface area (Å²) in [5.74, 6) is -0.214. The van der Waals surface area contributed by atoms with Gasteiger partial charge in [-0.1, -0.05) is 18.2 Å². The van der Waals surface area contributed by atoms with E-state index >= 15 is 0 Å². The number of likely N-dealkylation sites (tertiary alicyclic amines) is 1. The number of aromatic nitrogens is 1. The van der Waals surface area contributed by atoms with Gasteiger partial charge in [0.05, 0.1) is 0 Å². The highest BCUT2D eigenvalue weighted by Gasteiger charge is 2.22. The second-order valence-electron chi connectivity index (χ2n) is 6.87. The van der Waals surface area contributed by atoms with Gasteiger partial charge in [0.15, 0.2) is 0 Å². The Labute approximate surface area is 153 Å². The van der Waals surface area contributed by atoms with Crippen molar-refractivity contribution >= 4 is 6.03 Å². The van der Waals surface area contributed by atoms with E-state index in [0.717, 1.165) is 43.6 Å². The van der Waals surface area contributed by atoms with E-state index in [1.165, 1.54) is 12.1 Å². The molecule has 5 nitrogen and oxygen atoms in total. The molecule has 1 saturated heterocycles. The van der Waals surface area contributed by atoms with Gasteiger partial charge in [-0.25, -0.2) is 9.18 Å². The molecule has 0 radical (unpaired) electrons. The first-order chi connectivity index (χ1) is 12.6. The molecule has 1 N–H and O–H groups in total. The van der Waals surface area contributed by atoms with Crippen molar-refractivity contribution in [2.24, 2.45) is 0 Å². The van der Waals surface area contributed by atoms with E-state index in [2.05, 4.69) is 15.2 Å². The lowest BCUT2D eigenvalue weighted by Crippen LogP contribution is -2.50. The fourth-order valence-electron chi connectivity index (χ4n) is 3.29. The van der Waals surface area contributed by atoms with Gasteiger partial charge in [-0.15, -0.1) is 0 Å². The maximum atomic E-state index is 13.0. The minimum atomic E-state index is -0.214. The van der Waals surface area contributed by atoms with Crippen molar-refractivity contribution < 1.29 is 9.18 Å². The van der Waals surface area contributed by atoms with Crippen molar-refractivity contribution in [2.75, 3.05) is 20.1 Å².